The first kappa shape index (κ1) is 23.7. The number of nitrogens with one attached hydrogen (secondary N) is 1. The summed E-state index contributed by atoms with van der Waals surface area (Å²) in [6.45, 7) is 7.64. The van der Waals surface area contributed by atoms with Gasteiger partial charge in [-0.25, -0.2) is 8.42 Å². The number of methoxy groups -OCH3 is 1. The Morgan fingerprint density at radius 3 is 2.33 bits per heavy atom. The van der Waals surface area contributed by atoms with Crippen LogP contribution in [0.5, 0.6) is 11.5 Å². The second-order valence-electron chi connectivity index (χ2n) is 6.85. The molecule has 7 nitrogen and oxygen atoms in total. The normalized spacial score (nSPS) is 12.5. The number of hydrogen-bond acceptors (Lipinski definition) is 5. The number of nitrogens with zero attached hydrogens (tertiary/aromatic N) is 1. The molecule has 1 atom stereocenters. The first-order valence-corrected chi connectivity index (χ1v) is 11.3. The molecule has 1 amide bonds. The van der Waals surface area contributed by atoms with Gasteiger partial charge in [0.05, 0.1) is 31.2 Å². The number of rotatable bonds is 10. The highest BCUT2D eigenvalue weighted by atomic mass is 32.2. The largest absolute Gasteiger partial charge is 0.497 e. The molecule has 0 aliphatic carbocycles. The van der Waals surface area contributed by atoms with Gasteiger partial charge in [0.15, 0.2) is 0 Å². The molecule has 164 valence electrons. The van der Waals surface area contributed by atoms with E-state index in [1.54, 1.807) is 33.1 Å². The summed E-state index contributed by atoms with van der Waals surface area (Å²) in [6, 6.07) is 11.8. The van der Waals surface area contributed by atoms with Gasteiger partial charge in [-0.3, -0.25) is 4.79 Å². The van der Waals surface area contributed by atoms with Gasteiger partial charge in [-0.2, -0.15) is 4.31 Å². The Labute approximate surface area is 179 Å². The second kappa shape index (κ2) is 10.4. The molecule has 0 aromatic heterocycles. The molecule has 0 aliphatic heterocycles. The van der Waals surface area contributed by atoms with E-state index in [2.05, 4.69) is 5.32 Å². The Bertz CT molecular complexity index is 958. The summed E-state index contributed by atoms with van der Waals surface area (Å²) in [5, 5.41) is 2.85. The van der Waals surface area contributed by atoms with E-state index in [1.807, 2.05) is 38.1 Å². The summed E-state index contributed by atoms with van der Waals surface area (Å²) < 4.78 is 37.9. The van der Waals surface area contributed by atoms with Crippen LogP contribution < -0.4 is 14.8 Å². The third kappa shape index (κ3) is 5.73. The van der Waals surface area contributed by atoms with Crippen molar-refractivity contribution in [3.8, 4) is 11.5 Å². The fourth-order valence-corrected chi connectivity index (χ4v) is 4.53. The maximum atomic E-state index is 13.0. The predicted octanol–water partition coefficient (Wildman–Crippen LogP) is 3.29. The van der Waals surface area contributed by atoms with E-state index >= 15 is 0 Å². The van der Waals surface area contributed by atoms with Crippen molar-refractivity contribution < 1.29 is 22.7 Å². The minimum atomic E-state index is -3.81. The molecule has 0 heterocycles. The van der Waals surface area contributed by atoms with Crippen LogP contribution in [0.1, 0.15) is 37.9 Å². The van der Waals surface area contributed by atoms with Crippen molar-refractivity contribution in [3.05, 3.63) is 53.6 Å². The van der Waals surface area contributed by atoms with Gasteiger partial charge in [0.1, 0.15) is 11.5 Å². The van der Waals surface area contributed by atoms with Gasteiger partial charge in [-0.05, 0) is 62.2 Å². The molecule has 0 unspecified atom stereocenters. The van der Waals surface area contributed by atoms with Crippen molar-refractivity contribution in [3.63, 3.8) is 0 Å². The Morgan fingerprint density at radius 1 is 1.13 bits per heavy atom. The summed E-state index contributed by atoms with van der Waals surface area (Å²) in [5.74, 6) is 1.00. The Morgan fingerprint density at radius 2 is 1.80 bits per heavy atom. The average molecular weight is 435 g/mol. The topological polar surface area (TPSA) is 84.9 Å². The standard InChI is InChI=1S/C22H30N2O5S/c1-6-24(30(26,27)20-12-13-21(29-7-2)16(3)14-20)15-22(25)23-17(4)18-8-10-19(28-5)11-9-18/h8-14,17H,6-7,15H2,1-5H3,(H,23,25)/t17-/m1/s1. The molecule has 0 radical (unpaired) electrons. The van der Waals surface area contributed by atoms with Gasteiger partial charge in [-0.15, -0.1) is 0 Å². The first-order chi connectivity index (χ1) is 14.2. The van der Waals surface area contributed by atoms with Crippen LogP contribution in [0.3, 0.4) is 0 Å². The van der Waals surface area contributed by atoms with Crippen molar-refractivity contribution in [1.29, 1.82) is 0 Å². The van der Waals surface area contributed by atoms with E-state index < -0.39 is 10.0 Å². The molecule has 2 aromatic rings. The molecule has 0 aliphatic rings. The van der Waals surface area contributed by atoms with Crippen molar-refractivity contribution in [2.24, 2.45) is 0 Å². The van der Waals surface area contributed by atoms with Gasteiger partial charge in [0.25, 0.3) is 0 Å². The van der Waals surface area contributed by atoms with Gasteiger partial charge in [-0.1, -0.05) is 19.1 Å². The molecule has 0 saturated carbocycles. The quantitative estimate of drug-likeness (QED) is 0.620. The van der Waals surface area contributed by atoms with Crippen molar-refractivity contribution in [2.75, 3.05) is 26.8 Å². The third-order valence-corrected chi connectivity index (χ3v) is 6.67. The van der Waals surface area contributed by atoms with Crippen LogP contribution >= 0.6 is 0 Å². The maximum absolute atomic E-state index is 13.0. The van der Waals surface area contributed by atoms with E-state index in [0.29, 0.717) is 12.4 Å². The second-order valence-corrected chi connectivity index (χ2v) is 8.79. The molecule has 0 spiro atoms. The lowest BCUT2D eigenvalue weighted by molar-refractivity contribution is -0.121. The lowest BCUT2D eigenvalue weighted by atomic mass is 10.1. The zero-order valence-corrected chi connectivity index (χ0v) is 19.0. The number of likely N-dealkylation sites (N-methyl/N-ethyl adjacent to an activating group) is 1. The number of carbonyl (C=O) groups is 1. The SMILES string of the molecule is CCOc1ccc(S(=O)(=O)N(CC)CC(=O)N[C@H](C)c2ccc(OC)cc2)cc1C. The van der Waals surface area contributed by atoms with Crippen molar-refractivity contribution in [2.45, 2.75) is 38.6 Å². The monoisotopic (exact) mass is 434 g/mol. The highest BCUT2D eigenvalue weighted by molar-refractivity contribution is 7.89. The minimum Gasteiger partial charge on any atom is -0.497 e. The summed E-state index contributed by atoms with van der Waals surface area (Å²) in [5.41, 5.74) is 1.63. The van der Waals surface area contributed by atoms with Crippen LogP contribution in [-0.4, -0.2) is 45.4 Å². The molecule has 2 aromatic carbocycles. The molecular weight excluding hydrogens is 404 g/mol. The smallest absolute Gasteiger partial charge is 0.243 e. The van der Waals surface area contributed by atoms with Crippen molar-refractivity contribution in [1.82, 2.24) is 9.62 Å². The Kier molecular flexibility index (Phi) is 8.25. The highest BCUT2D eigenvalue weighted by Crippen LogP contribution is 2.24. The summed E-state index contributed by atoms with van der Waals surface area (Å²) in [6.07, 6.45) is 0. The molecule has 1 N–H and O–H groups in total. The fourth-order valence-electron chi connectivity index (χ4n) is 3.04. The van der Waals surface area contributed by atoms with E-state index in [0.717, 1.165) is 21.2 Å². The number of benzene rings is 2. The number of carbonyl (C=O) groups excluding carboxylic acids is 1. The van der Waals surface area contributed by atoms with E-state index in [1.165, 1.54) is 6.07 Å². The number of aryl methyl sites for hydroxylation is 1. The molecule has 0 saturated heterocycles. The zero-order valence-electron chi connectivity index (χ0n) is 18.1. The number of hydrogen-bond donors (Lipinski definition) is 1. The van der Waals surface area contributed by atoms with Gasteiger partial charge in [0, 0.05) is 6.54 Å². The zero-order chi connectivity index (χ0) is 22.3. The fraction of sp³-hybridized carbons (Fsp3) is 0.409. The van der Waals surface area contributed by atoms with Crippen LogP contribution in [0.4, 0.5) is 0 Å². The van der Waals surface area contributed by atoms with E-state index in [4.69, 9.17) is 9.47 Å². The van der Waals surface area contributed by atoms with E-state index in [-0.39, 0.29) is 29.9 Å². The number of ether oxygens (including phenoxy) is 2. The van der Waals surface area contributed by atoms with Crippen LogP contribution in [-0.2, 0) is 14.8 Å². The molecule has 30 heavy (non-hydrogen) atoms. The Balaban J connectivity index is 2.10. The van der Waals surface area contributed by atoms with Crippen LogP contribution in [0.25, 0.3) is 0 Å². The van der Waals surface area contributed by atoms with Gasteiger partial charge >= 0.3 is 0 Å². The maximum Gasteiger partial charge on any atom is 0.243 e. The molecule has 2 rings (SSSR count). The van der Waals surface area contributed by atoms with E-state index in [9.17, 15) is 13.2 Å². The first-order valence-electron chi connectivity index (χ1n) is 9.89. The number of sulfonamides is 1. The molecule has 0 bridgehead atoms. The van der Waals surface area contributed by atoms with Crippen molar-refractivity contribution >= 4 is 15.9 Å². The molecular formula is C22H30N2O5S. The van der Waals surface area contributed by atoms with Crippen LogP contribution in [0.15, 0.2) is 47.4 Å². The minimum absolute atomic E-state index is 0.140. The van der Waals surface area contributed by atoms with Crippen LogP contribution in [0.2, 0.25) is 0 Å². The molecule has 0 fully saturated rings. The average Bonchev–Trinajstić information content (AvgIpc) is 2.73. The lowest BCUT2D eigenvalue weighted by Gasteiger charge is -2.22. The molecule has 8 heteroatoms. The lowest BCUT2D eigenvalue weighted by Crippen LogP contribution is -2.41. The Hall–Kier alpha value is -2.58. The summed E-state index contributed by atoms with van der Waals surface area (Å²) in [7, 11) is -2.22. The number of amides is 1. The van der Waals surface area contributed by atoms with Crippen LogP contribution in [0, 0.1) is 6.92 Å². The predicted molar refractivity (Wildman–Crippen MR) is 116 cm³/mol. The third-order valence-electron chi connectivity index (χ3n) is 4.75. The summed E-state index contributed by atoms with van der Waals surface area (Å²) in [4.78, 5) is 12.7. The van der Waals surface area contributed by atoms with Gasteiger partial charge < -0.3 is 14.8 Å². The highest BCUT2D eigenvalue weighted by Gasteiger charge is 2.26. The van der Waals surface area contributed by atoms with Gasteiger partial charge in [0.2, 0.25) is 15.9 Å². The summed E-state index contributed by atoms with van der Waals surface area (Å²) >= 11 is 0.